The molecule has 5 heteroatoms. The molecule has 0 atom stereocenters. The molecular formula is C16H14N4S. The Bertz CT molecular complexity index is 889. The maximum atomic E-state index is 5.73. The Labute approximate surface area is 125 Å². The van der Waals surface area contributed by atoms with Crippen LogP contribution in [-0.4, -0.2) is 21.1 Å². The van der Waals surface area contributed by atoms with Crippen LogP contribution in [0.15, 0.2) is 48.5 Å². The van der Waals surface area contributed by atoms with Crippen LogP contribution in [0.5, 0.6) is 0 Å². The van der Waals surface area contributed by atoms with E-state index in [0.717, 1.165) is 33.9 Å². The van der Waals surface area contributed by atoms with E-state index in [4.69, 9.17) is 15.7 Å². The van der Waals surface area contributed by atoms with Gasteiger partial charge in [0.25, 0.3) is 0 Å². The van der Waals surface area contributed by atoms with E-state index in [2.05, 4.69) is 16.7 Å². The summed E-state index contributed by atoms with van der Waals surface area (Å²) in [6, 6.07) is 16.3. The molecule has 0 radical (unpaired) electrons. The van der Waals surface area contributed by atoms with Crippen molar-refractivity contribution >= 4 is 32.6 Å². The number of benzene rings is 2. The molecule has 0 saturated heterocycles. The summed E-state index contributed by atoms with van der Waals surface area (Å²) in [4.78, 5) is 9.45. The third kappa shape index (κ3) is 2.02. The summed E-state index contributed by atoms with van der Waals surface area (Å²) in [5.74, 6) is 0.970. The molecule has 2 N–H and O–H groups in total. The Hall–Kier alpha value is -2.24. The quantitative estimate of drug-likeness (QED) is 0.631. The molecule has 0 spiro atoms. The minimum atomic E-state index is 0.578. The first-order valence-corrected chi connectivity index (χ1v) is 7.71. The molecule has 2 heterocycles. The van der Waals surface area contributed by atoms with Gasteiger partial charge in [0.1, 0.15) is 5.82 Å². The summed E-state index contributed by atoms with van der Waals surface area (Å²) < 4.78 is 3.32. The molecule has 4 aromatic rings. The first kappa shape index (κ1) is 12.5. The number of nitrogens with two attached hydrogens (primary N) is 1. The van der Waals surface area contributed by atoms with Gasteiger partial charge in [0.05, 0.1) is 21.3 Å². The van der Waals surface area contributed by atoms with E-state index in [9.17, 15) is 0 Å². The summed E-state index contributed by atoms with van der Waals surface area (Å²) in [7, 11) is 0. The zero-order valence-electron chi connectivity index (χ0n) is 11.4. The number of aromatic nitrogens is 3. The highest BCUT2D eigenvalue weighted by Crippen LogP contribution is 2.28. The molecule has 0 saturated carbocycles. The predicted molar refractivity (Wildman–Crippen MR) is 87.0 cm³/mol. The van der Waals surface area contributed by atoms with Crippen molar-refractivity contribution in [1.29, 1.82) is 0 Å². The van der Waals surface area contributed by atoms with Crippen molar-refractivity contribution in [3.8, 4) is 5.13 Å². The van der Waals surface area contributed by atoms with Gasteiger partial charge in [0.15, 0.2) is 5.13 Å². The Morgan fingerprint density at radius 2 is 1.71 bits per heavy atom. The average molecular weight is 294 g/mol. The monoisotopic (exact) mass is 294 g/mol. The van der Waals surface area contributed by atoms with Gasteiger partial charge in [0, 0.05) is 6.42 Å². The fourth-order valence-electron chi connectivity index (χ4n) is 2.54. The van der Waals surface area contributed by atoms with E-state index in [1.807, 2.05) is 36.4 Å². The molecule has 0 unspecified atom stereocenters. The van der Waals surface area contributed by atoms with Crippen molar-refractivity contribution in [2.75, 3.05) is 6.54 Å². The number of thiazole rings is 1. The summed E-state index contributed by atoms with van der Waals surface area (Å²) in [5.41, 5.74) is 8.83. The van der Waals surface area contributed by atoms with Crippen LogP contribution < -0.4 is 5.73 Å². The van der Waals surface area contributed by atoms with Crippen LogP contribution in [0.25, 0.3) is 26.4 Å². The van der Waals surface area contributed by atoms with E-state index >= 15 is 0 Å². The van der Waals surface area contributed by atoms with Crippen molar-refractivity contribution in [2.24, 2.45) is 5.73 Å². The maximum Gasteiger partial charge on any atom is 0.196 e. The molecule has 0 bridgehead atoms. The number of hydrogen-bond donors (Lipinski definition) is 1. The first-order chi connectivity index (χ1) is 10.4. The second kappa shape index (κ2) is 4.95. The highest BCUT2D eigenvalue weighted by molar-refractivity contribution is 7.20. The molecule has 2 aromatic carbocycles. The lowest BCUT2D eigenvalue weighted by Gasteiger charge is -2.03. The molecule has 0 aliphatic heterocycles. The van der Waals surface area contributed by atoms with Crippen LogP contribution in [0.3, 0.4) is 0 Å². The standard InChI is InChI=1S/C16H14N4S/c17-10-9-15-18-11-5-1-3-7-13(11)20(15)16-19-12-6-2-4-8-14(12)21-16/h1-8H,9-10,17H2. The molecule has 21 heavy (non-hydrogen) atoms. The van der Waals surface area contributed by atoms with Gasteiger partial charge in [-0.15, -0.1) is 0 Å². The number of nitrogens with zero attached hydrogens (tertiary/aromatic N) is 3. The molecular weight excluding hydrogens is 280 g/mol. The molecule has 104 valence electrons. The summed E-state index contributed by atoms with van der Waals surface area (Å²) in [6.45, 7) is 0.578. The van der Waals surface area contributed by atoms with E-state index in [1.54, 1.807) is 11.3 Å². The van der Waals surface area contributed by atoms with Crippen LogP contribution >= 0.6 is 11.3 Å². The minimum Gasteiger partial charge on any atom is -0.330 e. The highest BCUT2D eigenvalue weighted by atomic mass is 32.1. The fourth-order valence-corrected chi connectivity index (χ4v) is 3.54. The van der Waals surface area contributed by atoms with Crippen molar-refractivity contribution in [2.45, 2.75) is 6.42 Å². The van der Waals surface area contributed by atoms with E-state index in [1.165, 1.54) is 4.70 Å². The normalized spacial score (nSPS) is 11.5. The maximum absolute atomic E-state index is 5.73. The highest BCUT2D eigenvalue weighted by Gasteiger charge is 2.14. The topological polar surface area (TPSA) is 56.7 Å². The SMILES string of the molecule is NCCc1nc2ccccc2n1-c1nc2ccccc2s1. The number of rotatable bonds is 3. The van der Waals surface area contributed by atoms with Crippen LogP contribution in [0, 0.1) is 0 Å². The molecule has 0 aliphatic rings. The molecule has 0 amide bonds. The van der Waals surface area contributed by atoms with E-state index < -0.39 is 0 Å². The van der Waals surface area contributed by atoms with Crippen LogP contribution in [-0.2, 0) is 6.42 Å². The minimum absolute atomic E-state index is 0.578. The van der Waals surface area contributed by atoms with Gasteiger partial charge >= 0.3 is 0 Å². The van der Waals surface area contributed by atoms with E-state index in [0.29, 0.717) is 6.54 Å². The lowest BCUT2D eigenvalue weighted by atomic mass is 10.3. The third-order valence-electron chi connectivity index (χ3n) is 3.47. The first-order valence-electron chi connectivity index (χ1n) is 6.89. The Kier molecular flexibility index (Phi) is 2.94. The lowest BCUT2D eigenvalue weighted by molar-refractivity contribution is 0.845. The van der Waals surface area contributed by atoms with Crippen LogP contribution in [0.4, 0.5) is 0 Å². The van der Waals surface area contributed by atoms with Crippen molar-refractivity contribution in [3.05, 3.63) is 54.4 Å². The number of hydrogen-bond acceptors (Lipinski definition) is 4. The molecule has 4 rings (SSSR count). The summed E-state index contributed by atoms with van der Waals surface area (Å²) in [5, 5.41) is 0.952. The van der Waals surface area contributed by atoms with Gasteiger partial charge in [-0.3, -0.25) is 4.57 Å². The second-order valence-corrected chi connectivity index (χ2v) is 5.86. The largest absolute Gasteiger partial charge is 0.330 e. The lowest BCUT2D eigenvalue weighted by Crippen LogP contribution is -2.08. The fraction of sp³-hybridized carbons (Fsp3) is 0.125. The molecule has 0 aliphatic carbocycles. The van der Waals surface area contributed by atoms with Crippen molar-refractivity contribution in [1.82, 2.24) is 14.5 Å². The predicted octanol–water partition coefficient (Wildman–Crippen LogP) is 3.14. The van der Waals surface area contributed by atoms with Gasteiger partial charge in [-0.1, -0.05) is 35.6 Å². The van der Waals surface area contributed by atoms with Crippen LogP contribution in [0.2, 0.25) is 0 Å². The Balaban J connectivity index is 2.01. The smallest absolute Gasteiger partial charge is 0.196 e. The number of fused-ring (bicyclic) bond motifs is 2. The van der Waals surface area contributed by atoms with Gasteiger partial charge in [-0.25, -0.2) is 9.97 Å². The van der Waals surface area contributed by atoms with Crippen LogP contribution in [0.1, 0.15) is 5.82 Å². The van der Waals surface area contributed by atoms with Gasteiger partial charge in [-0.2, -0.15) is 0 Å². The average Bonchev–Trinajstić information content (AvgIpc) is 3.07. The third-order valence-corrected chi connectivity index (χ3v) is 4.49. The summed E-state index contributed by atoms with van der Waals surface area (Å²) in [6.07, 6.45) is 0.741. The van der Waals surface area contributed by atoms with E-state index in [-0.39, 0.29) is 0 Å². The van der Waals surface area contributed by atoms with Gasteiger partial charge in [0.2, 0.25) is 0 Å². The summed E-state index contributed by atoms with van der Waals surface area (Å²) >= 11 is 1.68. The zero-order valence-corrected chi connectivity index (χ0v) is 12.2. The zero-order chi connectivity index (χ0) is 14.2. The van der Waals surface area contributed by atoms with Crippen molar-refractivity contribution < 1.29 is 0 Å². The Morgan fingerprint density at radius 1 is 0.952 bits per heavy atom. The molecule has 2 aromatic heterocycles. The van der Waals surface area contributed by atoms with Crippen molar-refractivity contribution in [3.63, 3.8) is 0 Å². The Morgan fingerprint density at radius 3 is 2.52 bits per heavy atom. The second-order valence-electron chi connectivity index (χ2n) is 4.85. The van der Waals surface area contributed by atoms with Gasteiger partial charge < -0.3 is 5.73 Å². The number of para-hydroxylation sites is 3. The number of imidazole rings is 1. The molecule has 4 nitrogen and oxygen atoms in total. The van der Waals surface area contributed by atoms with Gasteiger partial charge in [-0.05, 0) is 30.8 Å². The molecule has 0 fully saturated rings.